The van der Waals surface area contributed by atoms with Crippen LogP contribution in [-0.2, 0) is 11.2 Å². The van der Waals surface area contributed by atoms with Crippen molar-refractivity contribution in [2.24, 2.45) is 5.92 Å². The molecule has 1 aromatic rings. The molecule has 0 spiro atoms. The summed E-state index contributed by atoms with van der Waals surface area (Å²) in [6, 6.07) is 6.32. The van der Waals surface area contributed by atoms with E-state index >= 15 is 0 Å². The lowest BCUT2D eigenvalue weighted by molar-refractivity contribution is -0.116. The summed E-state index contributed by atoms with van der Waals surface area (Å²) in [7, 11) is 0. The Balaban J connectivity index is 1.86. The van der Waals surface area contributed by atoms with Crippen LogP contribution in [0.5, 0.6) is 0 Å². The molecule has 0 radical (unpaired) electrons. The predicted octanol–water partition coefficient (Wildman–Crippen LogP) is 3.22. The van der Waals surface area contributed by atoms with Crippen LogP contribution in [0.1, 0.15) is 56.0 Å². The number of rotatable bonds is 4. The fourth-order valence-electron chi connectivity index (χ4n) is 3.02. The zero-order chi connectivity index (χ0) is 15.9. The van der Waals surface area contributed by atoms with Crippen LogP contribution in [0.4, 0.5) is 5.69 Å². The number of benzene rings is 1. The monoisotopic (exact) mass is 300 g/mol. The van der Waals surface area contributed by atoms with E-state index in [9.17, 15) is 9.59 Å². The standard InChI is InChI=1S/C18H24N2O2/c1-11(2)12(3)20(15-6-7-15)18(22)14-4-8-16-13(10-14)5-9-17(21)19-16/h4,8,10-12,15H,5-7,9H2,1-3H3,(H,19,21). The van der Waals surface area contributed by atoms with Crippen LogP contribution in [0.2, 0.25) is 0 Å². The minimum Gasteiger partial charge on any atom is -0.333 e. The summed E-state index contributed by atoms with van der Waals surface area (Å²) < 4.78 is 0. The highest BCUT2D eigenvalue weighted by Crippen LogP contribution is 2.33. The van der Waals surface area contributed by atoms with E-state index in [2.05, 4.69) is 31.0 Å². The lowest BCUT2D eigenvalue weighted by Crippen LogP contribution is -2.43. The zero-order valence-corrected chi connectivity index (χ0v) is 13.6. The summed E-state index contributed by atoms with van der Waals surface area (Å²) >= 11 is 0. The molecule has 0 bridgehead atoms. The minimum atomic E-state index is 0.0552. The number of nitrogens with one attached hydrogen (secondary N) is 1. The van der Waals surface area contributed by atoms with Gasteiger partial charge in [0.15, 0.2) is 0 Å². The molecular formula is C18H24N2O2. The van der Waals surface area contributed by atoms with Gasteiger partial charge in [-0.3, -0.25) is 9.59 Å². The number of hydrogen-bond acceptors (Lipinski definition) is 2. The van der Waals surface area contributed by atoms with E-state index in [-0.39, 0.29) is 17.9 Å². The van der Waals surface area contributed by atoms with Crippen LogP contribution >= 0.6 is 0 Å². The Hall–Kier alpha value is -1.84. The second kappa shape index (κ2) is 5.75. The Morgan fingerprint density at radius 3 is 2.59 bits per heavy atom. The number of hydrogen-bond donors (Lipinski definition) is 1. The number of carbonyl (C=O) groups excluding carboxylic acids is 2. The average Bonchev–Trinajstić information content (AvgIpc) is 3.31. The largest absolute Gasteiger partial charge is 0.333 e. The molecule has 4 nitrogen and oxygen atoms in total. The third kappa shape index (κ3) is 2.87. The van der Waals surface area contributed by atoms with Crippen LogP contribution in [0.3, 0.4) is 0 Å². The van der Waals surface area contributed by atoms with Crippen molar-refractivity contribution in [1.29, 1.82) is 0 Å². The van der Waals surface area contributed by atoms with Gasteiger partial charge in [-0.2, -0.15) is 0 Å². The molecule has 1 aliphatic heterocycles. The van der Waals surface area contributed by atoms with Gasteiger partial charge in [0.2, 0.25) is 5.91 Å². The second-order valence-corrected chi connectivity index (χ2v) is 6.85. The number of fused-ring (bicyclic) bond motifs is 1. The quantitative estimate of drug-likeness (QED) is 0.928. The molecule has 1 heterocycles. The van der Waals surface area contributed by atoms with E-state index < -0.39 is 0 Å². The molecule has 3 rings (SSSR count). The Morgan fingerprint density at radius 1 is 1.23 bits per heavy atom. The highest BCUT2D eigenvalue weighted by atomic mass is 16.2. The van der Waals surface area contributed by atoms with E-state index in [4.69, 9.17) is 0 Å². The molecule has 2 amide bonds. The maximum Gasteiger partial charge on any atom is 0.254 e. The van der Waals surface area contributed by atoms with Crippen LogP contribution in [0.15, 0.2) is 18.2 Å². The number of carbonyl (C=O) groups is 2. The Morgan fingerprint density at radius 2 is 1.95 bits per heavy atom. The van der Waals surface area contributed by atoms with Crippen LogP contribution < -0.4 is 5.32 Å². The predicted molar refractivity (Wildman–Crippen MR) is 86.9 cm³/mol. The van der Waals surface area contributed by atoms with Gasteiger partial charge in [-0.05, 0) is 55.9 Å². The van der Waals surface area contributed by atoms with Gasteiger partial charge in [-0.1, -0.05) is 13.8 Å². The SMILES string of the molecule is CC(C)C(C)N(C(=O)c1ccc2c(c1)CCC(=O)N2)C1CC1. The zero-order valence-electron chi connectivity index (χ0n) is 13.6. The van der Waals surface area contributed by atoms with Crippen molar-refractivity contribution in [3.8, 4) is 0 Å². The van der Waals surface area contributed by atoms with Crippen molar-refractivity contribution < 1.29 is 9.59 Å². The molecule has 2 aliphatic rings. The van der Waals surface area contributed by atoms with E-state index in [0.29, 0.717) is 24.8 Å². The van der Waals surface area contributed by atoms with Crippen molar-refractivity contribution >= 4 is 17.5 Å². The normalized spacial score (nSPS) is 18.6. The van der Waals surface area contributed by atoms with Gasteiger partial charge in [0.25, 0.3) is 5.91 Å². The van der Waals surface area contributed by atoms with Crippen LogP contribution in [-0.4, -0.2) is 28.8 Å². The van der Waals surface area contributed by atoms with Gasteiger partial charge in [0.05, 0.1) is 0 Å². The van der Waals surface area contributed by atoms with Crippen molar-refractivity contribution in [2.75, 3.05) is 5.32 Å². The molecule has 1 unspecified atom stereocenters. The summed E-state index contributed by atoms with van der Waals surface area (Å²) in [5.74, 6) is 0.629. The number of aryl methyl sites for hydroxylation is 1. The third-order valence-electron chi connectivity index (χ3n) is 4.83. The number of anilines is 1. The maximum absolute atomic E-state index is 13.0. The van der Waals surface area contributed by atoms with Crippen molar-refractivity contribution in [1.82, 2.24) is 4.90 Å². The van der Waals surface area contributed by atoms with Crippen LogP contribution in [0.25, 0.3) is 0 Å². The topological polar surface area (TPSA) is 49.4 Å². The first-order valence-corrected chi connectivity index (χ1v) is 8.23. The first-order valence-electron chi connectivity index (χ1n) is 8.23. The maximum atomic E-state index is 13.0. The second-order valence-electron chi connectivity index (χ2n) is 6.85. The molecular weight excluding hydrogens is 276 g/mol. The van der Waals surface area contributed by atoms with Gasteiger partial charge in [-0.15, -0.1) is 0 Å². The summed E-state index contributed by atoms with van der Waals surface area (Å²) in [6.07, 6.45) is 3.44. The number of amides is 2. The molecule has 4 heteroatoms. The van der Waals surface area contributed by atoms with E-state index in [1.54, 1.807) is 0 Å². The molecule has 1 N–H and O–H groups in total. The smallest absolute Gasteiger partial charge is 0.254 e. The van der Waals surface area contributed by atoms with E-state index in [0.717, 1.165) is 29.7 Å². The van der Waals surface area contributed by atoms with Crippen molar-refractivity contribution in [2.45, 2.75) is 58.5 Å². The summed E-state index contributed by atoms with van der Waals surface area (Å²) in [5.41, 5.74) is 2.66. The summed E-state index contributed by atoms with van der Waals surface area (Å²) in [4.78, 5) is 26.5. The highest BCUT2D eigenvalue weighted by Gasteiger charge is 2.37. The molecule has 1 aromatic carbocycles. The average molecular weight is 300 g/mol. The molecule has 22 heavy (non-hydrogen) atoms. The molecule has 1 aliphatic carbocycles. The van der Waals surface area contributed by atoms with Gasteiger partial charge in [-0.25, -0.2) is 0 Å². The fourth-order valence-corrected chi connectivity index (χ4v) is 3.02. The fraction of sp³-hybridized carbons (Fsp3) is 0.556. The van der Waals surface area contributed by atoms with Gasteiger partial charge in [0, 0.05) is 29.8 Å². The van der Waals surface area contributed by atoms with Crippen molar-refractivity contribution in [3.05, 3.63) is 29.3 Å². The Labute approximate surface area is 131 Å². The van der Waals surface area contributed by atoms with Gasteiger partial charge in [0.1, 0.15) is 0 Å². The lowest BCUT2D eigenvalue weighted by Gasteiger charge is -2.32. The first kappa shape index (κ1) is 15.1. The molecule has 1 fully saturated rings. The van der Waals surface area contributed by atoms with E-state index in [1.807, 2.05) is 18.2 Å². The molecule has 0 saturated heterocycles. The Kier molecular flexibility index (Phi) is 3.94. The van der Waals surface area contributed by atoms with Crippen molar-refractivity contribution in [3.63, 3.8) is 0 Å². The minimum absolute atomic E-state index is 0.0552. The Bertz CT molecular complexity index is 605. The van der Waals surface area contributed by atoms with Crippen LogP contribution in [0, 0.1) is 5.92 Å². The van der Waals surface area contributed by atoms with Gasteiger partial charge >= 0.3 is 0 Å². The molecule has 0 aromatic heterocycles. The summed E-state index contributed by atoms with van der Waals surface area (Å²) in [5, 5.41) is 2.87. The first-order chi connectivity index (χ1) is 10.5. The third-order valence-corrected chi connectivity index (χ3v) is 4.83. The summed E-state index contributed by atoms with van der Waals surface area (Å²) in [6.45, 7) is 6.46. The lowest BCUT2D eigenvalue weighted by atomic mass is 9.98. The molecule has 1 atom stereocenters. The number of nitrogens with zero attached hydrogens (tertiary/aromatic N) is 1. The highest BCUT2D eigenvalue weighted by molar-refractivity contribution is 5.98. The van der Waals surface area contributed by atoms with Gasteiger partial charge < -0.3 is 10.2 Å². The molecule has 118 valence electrons. The molecule has 1 saturated carbocycles. The van der Waals surface area contributed by atoms with E-state index in [1.165, 1.54) is 0 Å².